The van der Waals surface area contributed by atoms with Crippen molar-refractivity contribution in [3.63, 3.8) is 0 Å². The third-order valence-corrected chi connectivity index (χ3v) is 3.09. The second-order valence-corrected chi connectivity index (χ2v) is 4.80. The molecule has 0 aromatic heterocycles. The zero-order valence-electron chi connectivity index (χ0n) is 12.5. The molecule has 0 bridgehead atoms. The summed E-state index contributed by atoms with van der Waals surface area (Å²) in [6, 6.07) is 18.0. The summed E-state index contributed by atoms with van der Waals surface area (Å²) in [5.41, 5.74) is 1.17. The van der Waals surface area contributed by atoms with Gasteiger partial charge in [0.25, 0.3) is 0 Å². The Labute approximate surface area is 126 Å². The average molecular weight is 285 g/mol. The van der Waals surface area contributed by atoms with E-state index in [1.165, 1.54) is 5.56 Å². The van der Waals surface area contributed by atoms with Crippen LogP contribution in [0.2, 0.25) is 0 Å². The van der Waals surface area contributed by atoms with Gasteiger partial charge in [0.05, 0.1) is 6.61 Å². The maximum absolute atomic E-state index is 5.74. The highest BCUT2D eigenvalue weighted by Gasteiger charge is 1.98. The van der Waals surface area contributed by atoms with Crippen molar-refractivity contribution < 1.29 is 9.47 Å². The van der Waals surface area contributed by atoms with Crippen molar-refractivity contribution in [2.24, 2.45) is 0 Å². The fourth-order valence-corrected chi connectivity index (χ4v) is 1.94. The molecule has 0 heterocycles. The predicted octanol–water partition coefficient (Wildman–Crippen LogP) is 3.64. The maximum Gasteiger partial charge on any atom is 0.120 e. The van der Waals surface area contributed by atoms with Crippen LogP contribution in [0.5, 0.6) is 11.5 Å². The molecule has 112 valence electrons. The highest BCUT2D eigenvalue weighted by molar-refractivity contribution is 5.31. The Balaban J connectivity index is 1.71. The molecule has 0 amide bonds. The van der Waals surface area contributed by atoms with E-state index < -0.39 is 0 Å². The molecule has 0 aliphatic rings. The summed E-state index contributed by atoms with van der Waals surface area (Å²) in [7, 11) is 0. The van der Waals surface area contributed by atoms with Gasteiger partial charge in [-0.05, 0) is 49.3 Å². The summed E-state index contributed by atoms with van der Waals surface area (Å²) in [6.45, 7) is 5.43. The minimum absolute atomic E-state index is 0.587. The minimum atomic E-state index is 0.587. The van der Waals surface area contributed by atoms with Crippen LogP contribution in [0.4, 0.5) is 0 Å². The lowest BCUT2D eigenvalue weighted by Crippen LogP contribution is -2.16. The largest absolute Gasteiger partial charge is 0.494 e. The number of hydrogen-bond donors (Lipinski definition) is 1. The average Bonchev–Trinajstić information content (AvgIpc) is 2.55. The van der Waals surface area contributed by atoms with E-state index >= 15 is 0 Å². The topological polar surface area (TPSA) is 30.5 Å². The first-order chi connectivity index (χ1) is 10.4. The van der Waals surface area contributed by atoms with E-state index in [1.807, 2.05) is 42.5 Å². The molecular formula is C18H23NO2. The van der Waals surface area contributed by atoms with Gasteiger partial charge in [0.15, 0.2) is 0 Å². The molecule has 0 saturated heterocycles. The first kappa shape index (κ1) is 15.4. The van der Waals surface area contributed by atoms with Crippen molar-refractivity contribution in [1.82, 2.24) is 5.32 Å². The van der Waals surface area contributed by atoms with Crippen LogP contribution >= 0.6 is 0 Å². The Bertz CT molecular complexity index is 496. The molecule has 3 heteroatoms. The summed E-state index contributed by atoms with van der Waals surface area (Å²) in [6.07, 6.45) is 1.01. The molecule has 0 aliphatic carbocycles. The molecule has 0 atom stereocenters. The number of nitrogens with one attached hydrogen (secondary N) is 1. The lowest BCUT2D eigenvalue weighted by atomic mass is 10.2. The van der Waals surface area contributed by atoms with Crippen LogP contribution in [0.15, 0.2) is 54.6 Å². The molecule has 0 unspecified atom stereocenters. The molecule has 0 fully saturated rings. The zero-order valence-corrected chi connectivity index (χ0v) is 12.5. The van der Waals surface area contributed by atoms with E-state index in [-0.39, 0.29) is 0 Å². The van der Waals surface area contributed by atoms with Gasteiger partial charge >= 0.3 is 0 Å². The monoisotopic (exact) mass is 285 g/mol. The van der Waals surface area contributed by atoms with E-state index in [0.29, 0.717) is 6.61 Å². The number of ether oxygens (including phenoxy) is 2. The molecule has 21 heavy (non-hydrogen) atoms. The van der Waals surface area contributed by atoms with Gasteiger partial charge in [0.2, 0.25) is 0 Å². The van der Waals surface area contributed by atoms with Gasteiger partial charge in [0, 0.05) is 0 Å². The van der Waals surface area contributed by atoms with Crippen LogP contribution in [0.25, 0.3) is 0 Å². The van der Waals surface area contributed by atoms with Gasteiger partial charge in [0.1, 0.15) is 18.1 Å². The Hall–Kier alpha value is -2.00. The Morgan fingerprint density at radius 2 is 1.52 bits per heavy atom. The first-order valence-corrected chi connectivity index (χ1v) is 7.49. The molecule has 2 aromatic carbocycles. The predicted molar refractivity (Wildman–Crippen MR) is 85.9 cm³/mol. The number of rotatable bonds is 9. The van der Waals surface area contributed by atoms with Crippen molar-refractivity contribution in [3.8, 4) is 11.5 Å². The molecule has 0 radical (unpaired) electrons. The molecule has 3 nitrogen and oxygen atoms in total. The minimum Gasteiger partial charge on any atom is -0.494 e. The van der Waals surface area contributed by atoms with Crippen LogP contribution < -0.4 is 14.8 Å². The zero-order chi connectivity index (χ0) is 14.8. The quantitative estimate of drug-likeness (QED) is 0.713. The number of hydrogen-bond acceptors (Lipinski definition) is 3. The third kappa shape index (κ3) is 5.88. The van der Waals surface area contributed by atoms with Gasteiger partial charge in [-0.25, -0.2) is 0 Å². The fourth-order valence-electron chi connectivity index (χ4n) is 1.94. The Morgan fingerprint density at radius 1 is 0.857 bits per heavy atom. The van der Waals surface area contributed by atoms with Crippen molar-refractivity contribution >= 4 is 0 Å². The van der Waals surface area contributed by atoms with Gasteiger partial charge in [-0.3, -0.25) is 0 Å². The van der Waals surface area contributed by atoms with E-state index in [0.717, 1.165) is 37.6 Å². The Kier molecular flexibility index (Phi) is 6.62. The smallest absolute Gasteiger partial charge is 0.120 e. The van der Waals surface area contributed by atoms with Crippen LogP contribution in [0.3, 0.4) is 0 Å². The van der Waals surface area contributed by atoms with Crippen molar-refractivity contribution in [1.29, 1.82) is 0 Å². The van der Waals surface area contributed by atoms with E-state index in [1.54, 1.807) is 0 Å². The van der Waals surface area contributed by atoms with Crippen LogP contribution in [-0.2, 0) is 6.61 Å². The maximum atomic E-state index is 5.74. The highest BCUT2D eigenvalue weighted by atomic mass is 16.5. The standard InChI is InChI=1S/C18H23NO2/c1-2-19-13-6-14-20-17-9-11-18(12-10-17)21-15-16-7-4-3-5-8-16/h3-5,7-12,19H,2,6,13-15H2,1H3. The fraction of sp³-hybridized carbons (Fsp3) is 0.333. The summed E-state index contributed by atoms with van der Waals surface area (Å²) >= 11 is 0. The third-order valence-electron chi connectivity index (χ3n) is 3.09. The van der Waals surface area contributed by atoms with Crippen molar-refractivity contribution in [2.75, 3.05) is 19.7 Å². The van der Waals surface area contributed by atoms with Crippen LogP contribution in [0.1, 0.15) is 18.9 Å². The van der Waals surface area contributed by atoms with Crippen molar-refractivity contribution in [2.45, 2.75) is 20.0 Å². The van der Waals surface area contributed by atoms with Crippen LogP contribution in [-0.4, -0.2) is 19.7 Å². The second-order valence-electron chi connectivity index (χ2n) is 4.80. The normalized spacial score (nSPS) is 10.3. The van der Waals surface area contributed by atoms with Gasteiger partial charge in [-0.2, -0.15) is 0 Å². The molecule has 0 saturated carbocycles. The van der Waals surface area contributed by atoms with Gasteiger partial charge in [-0.15, -0.1) is 0 Å². The van der Waals surface area contributed by atoms with Crippen LogP contribution in [0, 0.1) is 0 Å². The van der Waals surface area contributed by atoms with Gasteiger partial charge < -0.3 is 14.8 Å². The van der Waals surface area contributed by atoms with E-state index in [2.05, 4.69) is 24.4 Å². The summed E-state index contributed by atoms with van der Waals surface area (Å²) in [5, 5.41) is 3.28. The molecule has 1 N–H and O–H groups in total. The summed E-state index contributed by atoms with van der Waals surface area (Å²) < 4.78 is 11.4. The molecular weight excluding hydrogens is 262 g/mol. The molecule has 0 spiro atoms. The summed E-state index contributed by atoms with van der Waals surface area (Å²) in [4.78, 5) is 0. The number of benzene rings is 2. The first-order valence-electron chi connectivity index (χ1n) is 7.49. The lowest BCUT2D eigenvalue weighted by molar-refractivity contribution is 0.299. The lowest BCUT2D eigenvalue weighted by Gasteiger charge is -2.09. The van der Waals surface area contributed by atoms with E-state index in [4.69, 9.17) is 9.47 Å². The Morgan fingerprint density at radius 3 is 2.19 bits per heavy atom. The summed E-state index contributed by atoms with van der Waals surface area (Å²) in [5.74, 6) is 1.75. The molecule has 0 aliphatic heterocycles. The molecule has 2 aromatic rings. The second kappa shape index (κ2) is 9.03. The van der Waals surface area contributed by atoms with E-state index in [9.17, 15) is 0 Å². The SMILES string of the molecule is CCNCCCOc1ccc(OCc2ccccc2)cc1. The van der Waals surface area contributed by atoms with Gasteiger partial charge in [-0.1, -0.05) is 37.3 Å². The highest BCUT2D eigenvalue weighted by Crippen LogP contribution is 2.18. The molecule has 2 rings (SSSR count). The van der Waals surface area contributed by atoms with Crippen molar-refractivity contribution in [3.05, 3.63) is 60.2 Å².